The number of hydrogen-bond donors (Lipinski definition) is 6. The molecule has 1 saturated heterocycles. The van der Waals surface area contributed by atoms with Crippen molar-refractivity contribution < 1.29 is 29.4 Å². The number of aromatic nitrogens is 2. The number of carbonyl (C=O) groups is 4. The number of aliphatic carboxylic acids is 1. The lowest BCUT2D eigenvalue weighted by molar-refractivity contribution is -0.145. The van der Waals surface area contributed by atoms with Crippen LogP contribution in [0.3, 0.4) is 0 Å². The summed E-state index contributed by atoms with van der Waals surface area (Å²) in [5.74, 6) is -2.43. The number of carboxylic acids is 1. The Morgan fingerprint density at radius 1 is 1.36 bits per heavy atom. The molecule has 0 aromatic carbocycles. The van der Waals surface area contributed by atoms with Crippen molar-refractivity contribution >= 4 is 35.5 Å². The summed E-state index contributed by atoms with van der Waals surface area (Å²) in [5.41, 5.74) is 6.77. The molecule has 2 heterocycles. The summed E-state index contributed by atoms with van der Waals surface area (Å²) in [4.78, 5) is 58.1. The number of carbonyl (C=O) groups excluding carboxylic acids is 3. The number of rotatable bonds is 12. The van der Waals surface area contributed by atoms with Crippen LogP contribution in [0.4, 0.5) is 0 Å². The van der Waals surface area contributed by atoms with Gasteiger partial charge in [0.25, 0.3) is 0 Å². The Morgan fingerprint density at radius 2 is 2.09 bits per heavy atom. The normalized spacial score (nSPS) is 19.4. The van der Waals surface area contributed by atoms with Crippen molar-refractivity contribution in [2.75, 3.05) is 18.6 Å². The van der Waals surface area contributed by atoms with Crippen LogP contribution in [-0.2, 0) is 25.6 Å². The Morgan fingerprint density at radius 3 is 2.67 bits per heavy atom. The molecule has 1 aromatic rings. The molecule has 0 radical (unpaired) electrons. The van der Waals surface area contributed by atoms with Gasteiger partial charge in [-0.15, -0.1) is 0 Å². The second-order valence-electron chi connectivity index (χ2n) is 7.98. The van der Waals surface area contributed by atoms with E-state index in [4.69, 9.17) is 5.73 Å². The van der Waals surface area contributed by atoms with Gasteiger partial charge >= 0.3 is 5.97 Å². The average molecular weight is 485 g/mol. The van der Waals surface area contributed by atoms with E-state index < -0.39 is 48.1 Å². The molecular formula is C20H32N6O6S. The summed E-state index contributed by atoms with van der Waals surface area (Å²) < 4.78 is 0. The van der Waals surface area contributed by atoms with E-state index in [0.717, 1.165) is 0 Å². The standard InChI is InChI=1S/C20H32N6O6S/c1-11(27)16(20(31)32)25-17(28)14(5-7-33-2)24-18(29)15-4-3-6-26(15)19(30)13(21)8-12-9-22-10-23-12/h9-11,13-16,27H,3-8,21H2,1-2H3,(H,22,23)(H,24,29)(H,25,28)(H,31,32). The number of nitrogens with zero attached hydrogens (tertiary/aromatic N) is 2. The van der Waals surface area contributed by atoms with E-state index in [1.165, 1.54) is 29.9 Å². The quantitative estimate of drug-likeness (QED) is 0.204. The first kappa shape index (κ1) is 26.6. The number of aliphatic hydroxyl groups excluding tert-OH is 1. The molecule has 0 aliphatic carbocycles. The summed E-state index contributed by atoms with van der Waals surface area (Å²) in [5, 5.41) is 23.8. The molecule has 1 aliphatic rings. The molecule has 3 amide bonds. The van der Waals surface area contributed by atoms with Crippen LogP contribution in [-0.4, -0.2) is 97.6 Å². The highest BCUT2D eigenvalue weighted by atomic mass is 32.2. The van der Waals surface area contributed by atoms with Gasteiger partial charge in [-0.2, -0.15) is 11.8 Å². The third-order valence-electron chi connectivity index (χ3n) is 5.44. The van der Waals surface area contributed by atoms with Crippen LogP contribution >= 0.6 is 11.8 Å². The first-order valence-electron chi connectivity index (χ1n) is 10.7. The van der Waals surface area contributed by atoms with Gasteiger partial charge in [0, 0.05) is 24.9 Å². The van der Waals surface area contributed by atoms with Crippen molar-refractivity contribution in [2.24, 2.45) is 5.73 Å². The molecule has 5 unspecified atom stereocenters. The molecule has 0 bridgehead atoms. The number of nitrogens with one attached hydrogen (secondary N) is 3. The molecule has 7 N–H and O–H groups in total. The molecule has 33 heavy (non-hydrogen) atoms. The zero-order valence-electron chi connectivity index (χ0n) is 18.7. The number of likely N-dealkylation sites (tertiary alicyclic amines) is 1. The summed E-state index contributed by atoms with van der Waals surface area (Å²) in [6, 6.07) is -4.14. The van der Waals surface area contributed by atoms with Crippen LogP contribution in [0.1, 0.15) is 31.9 Å². The molecule has 0 spiro atoms. The van der Waals surface area contributed by atoms with E-state index in [-0.39, 0.29) is 18.7 Å². The number of nitrogens with two attached hydrogens (primary N) is 1. The first-order chi connectivity index (χ1) is 15.6. The van der Waals surface area contributed by atoms with E-state index in [1.807, 2.05) is 6.26 Å². The smallest absolute Gasteiger partial charge is 0.328 e. The predicted octanol–water partition coefficient (Wildman–Crippen LogP) is -1.54. The number of imidazole rings is 1. The van der Waals surface area contributed by atoms with Crippen LogP contribution in [0.15, 0.2) is 12.5 Å². The Balaban J connectivity index is 2.06. The average Bonchev–Trinajstić information content (AvgIpc) is 3.45. The van der Waals surface area contributed by atoms with E-state index >= 15 is 0 Å². The number of aromatic amines is 1. The molecule has 2 rings (SSSR count). The largest absolute Gasteiger partial charge is 0.480 e. The predicted molar refractivity (Wildman–Crippen MR) is 121 cm³/mol. The maximum absolute atomic E-state index is 13.0. The van der Waals surface area contributed by atoms with Gasteiger partial charge in [0.2, 0.25) is 17.7 Å². The summed E-state index contributed by atoms with van der Waals surface area (Å²) in [6.07, 6.45) is 5.14. The van der Waals surface area contributed by atoms with Gasteiger partial charge in [0.05, 0.1) is 18.5 Å². The summed E-state index contributed by atoms with van der Waals surface area (Å²) in [7, 11) is 0. The summed E-state index contributed by atoms with van der Waals surface area (Å²) in [6.45, 7) is 1.63. The van der Waals surface area contributed by atoms with Crippen LogP contribution < -0.4 is 16.4 Å². The van der Waals surface area contributed by atoms with Gasteiger partial charge in [-0.3, -0.25) is 14.4 Å². The monoisotopic (exact) mass is 484 g/mol. The van der Waals surface area contributed by atoms with Crippen LogP contribution in [0, 0.1) is 0 Å². The first-order valence-corrected chi connectivity index (χ1v) is 12.1. The fourth-order valence-electron chi connectivity index (χ4n) is 3.65. The minimum Gasteiger partial charge on any atom is -0.480 e. The molecule has 5 atom stereocenters. The SMILES string of the molecule is CSCCC(NC(=O)C1CCCN1C(=O)C(N)Cc1cnc[nH]1)C(=O)NC(C(=O)O)C(C)O. The van der Waals surface area contributed by atoms with Crippen molar-refractivity contribution in [1.82, 2.24) is 25.5 Å². The van der Waals surface area contributed by atoms with Gasteiger partial charge in [-0.25, -0.2) is 9.78 Å². The highest BCUT2D eigenvalue weighted by Crippen LogP contribution is 2.19. The number of thioether (sulfide) groups is 1. The minimum atomic E-state index is -1.50. The zero-order valence-corrected chi connectivity index (χ0v) is 19.5. The molecule has 1 fully saturated rings. The fourth-order valence-corrected chi connectivity index (χ4v) is 4.12. The van der Waals surface area contributed by atoms with Crippen molar-refractivity contribution in [3.05, 3.63) is 18.2 Å². The highest BCUT2D eigenvalue weighted by molar-refractivity contribution is 7.98. The second kappa shape index (κ2) is 12.6. The molecule has 12 nitrogen and oxygen atoms in total. The molecule has 1 aliphatic heterocycles. The Bertz CT molecular complexity index is 820. The van der Waals surface area contributed by atoms with Crippen molar-refractivity contribution in [3.63, 3.8) is 0 Å². The van der Waals surface area contributed by atoms with E-state index in [9.17, 15) is 29.4 Å². The van der Waals surface area contributed by atoms with Crippen LogP contribution in [0.25, 0.3) is 0 Å². The van der Waals surface area contributed by atoms with Crippen molar-refractivity contribution in [3.8, 4) is 0 Å². The Kier molecular flexibility index (Phi) is 10.1. The van der Waals surface area contributed by atoms with Crippen LogP contribution in [0.2, 0.25) is 0 Å². The number of amides is 3. The van der Waals surface area contributed by atoms with Gasteiger partial charge < -0.3 is 36.5 Å². The maximum Gasteiger partial charge on any atom is 0.328 e. The van der Waals surface area contributed by atoms with Crippen molar-refractivity contribution in [2.45, 2.75) is 62.9 Å². The number of hydrogen-bond acceptors (Lipinski definition) is 8. The Labute approximate surface area is 196 Å². The van der Waals surface area contributed by atoms with Crippen LogP contribution in [0.5, 0.6) is 0 Å². The fraction of sp³-hybridized carbons (Fsp3) is 0.650. The van der Waals surface area contributed by atoms with Gasteiger partial charge in [-0.1, -0.05) is 0 Å². The molecule has 13 heteroatoms. The highest BCUT2D eigenvalue weighted by Gasteiger charge is 2.38. The van der Waals surface area contributed by atoms with Gasteiger partial charge in [0.15, 0.2) is 6.04 Å². The topological polar surface area (TPSA) is 191 Å². The molecular weight excluding hydrogens is 452 g/mol. The number of H-pyrrole nitrogens is 1. The molecule has 0 saturated carbocycles. The minimum absolute atomic E-state index is 0.248. The van der Waals surface area contributed by atoms with E-state index in [2.05, 4.69) is 20.6 Å². The summed E-state index contributed by atoms with van der Waals surface area (Å²) >= 11 is 1.46. The lowest BCUT2D eigenvalue weighted by Crippen LogP contribution is -2.58. The lowest BCUT2D eigenvalue weighted by Gasteiger charge is -2.28. The third-order valence-corrected chi connectivity index (χ3v) is 6.08. The maximum atomic E-state index is 13.0. The second-order valence-corrected chi connectivity index (χ2v) is 8.97. The molecule has 184 valence electrons. The van der Waals surface area contributed by atoms with E-state index in [0.29, 0.717) is 30.8 Å². The number of aliphatic hydroxyl groups is 1. The van der Waals surface area contributed by atoms with Crippen molar-refractivity contribution in [1.29, 1.82) is 0 Å². The molecule has 1 aromatic heterocycles. The lowest BCUT2D eigenvalue weighted by atomic mass is 10.1. The van der Waals surface area contributed by atoms with Gasteiger partial charge in [-0.05, 0) is 38.2 Å². The Hall–Kier alpha value is -2.64. The van der Waals surface area contributed by atoms with E-state index in [1.54, 1.807) is 6.20 Å². The zero-order chi connectivity index (χ0) is 24.5. The van der Waals surface area contributed by atoms with Gasteiger partial charge in [0.1, 0.15) is 12.1 Å². The third kappa shape index (κ3) is 7.44. The number of carboxylic acid groups (broad SMARTS) is 1.